The molecule has 1 heterocycles. The first kappa shape index (κ1) is 17.5. The van der Waals surface area contributed by atoms with Gasteiger partial charge in [-0.2, -0.15) is 0 Å². The van der Waals surface area contributed by atoms with Gasteiger partial charge in [0.25, 0.3) is 0 Å². The number of nitrogens with zero attached hydrogens (tertiary/aromatic N) is 2. The molecule has 3 heteroatoms. The first-order valence-electron chi connectivity index (χ1n) is 9.14. The summed E-state index contributed by atoms with van der Waals surface area (Å²) in [5.74, 6) is 0.725. The molecule has 1 aliphatic heterocycles. The molecule has 1 saturated heterocycles. The molecule has 2 aromatic carbocycles. The molecule has 1 radical (unpaired) electrons. The van der Waals surface area contributed by atoms with Gasteiger partial charge in [0, 0.05) is 31.4 Å². The summed E-state index contributed by atoms with van der Waals surface area (Å²) in [4.78, 5) is 17.1. The minimum Gasteiger partial charge on any atom is -0.368 e. The molecular weight excluding hydrogens is 308 g/mol. The molecule has 2 aromatic rings. The zero-order valence-corrected chi connectivity index (χ0v) is 15.4. The van der Waals surface area contributed by atoms with E-state index in [0.717, 1.165) is 25.2 Å². The van der Waals surface area contributed by atoms with Gasteiger partial charge in [0.1, 0.15) is 0 Å². The van der Waals surface area contributed by atoms with E-state index in [-0.39, 0.29) is 11.9 Å². The van der Waals surface area contributed by atoms with Gasteiger partial charge in [-0.25, -0.2) is 0 Å². The van der Waals surface area contributed by atoms with Crippen LogP contribution >= 0.6 is 0 Å². The average molecular weight is 335 g/mol. The van der Waals surface area contributed by atoms with Crippen molar-refractivity contribution in [3.63, 3.8) is 0 Å². The molecule has 0 aliphatic carbocycles. The van der Waals surface area contributed by atoms with E-state index in [9.17, 15) is 4.79 Å². The number of hydrogen-bond donors (Lipinski definition) is 0. The van der Waals surface area contributed by atoms with Gasteiger partial charge < -0.3 is 9.80 Å². The van der Waals surface area contributed by atoms with Gasteiger partial charge in [-0.05, 0) is 42.2 Å². The van der Waals surface area contributed by atoms with Crippen LogP contribution in [0.4, 0.5) is 5.69 Å². The normalized spacial score (nSPS) is 17.8. The van der Waals surface area contributed by atoms with Crippen LogP contribution in [-0.4, -0.2) is 36.5 Å². The molecular formula is C22H27N2O. The number of rotatable bonds is 4. The molecule has 1 amide bonds. The molecule has 131 valence electrons. The lowest BCUT2D eigenvalue weighted by Gasteiger charge is -2.41. The van der Waals surface area contributed by atoms with Crippen LogP contribution in [0, 0.1) is 6.07 Å². The van der Waals surface area contributed by atoms with Gasteiger partial charge in [-0.3, -0.25) is 4.79 Å². The van der Waals surface area contributed by atoms with Gasteiger partial charge >= 0.3 is 0 Å². The summed E-state index contributed by atoms with van der Waals surface area (Å²) < 4.78 is 0. The average Bonchev–Trinajstić information content (AvgIpc) is 2.62. The van der Waals surface area contributed by atoms with Crippen LogP contribution in [0.5, 0.6) is 0 Å². The largest absolute Gasteiger partial charge is 0.368 e. The number of anilines is 1. The van der Waals surface area contributed by atoms with Gasteiger partial charge in [0.15, 0.2) is 0 Å². The van der Waals surface area contributed by atoms with Crippen molar-refractivity contribution in [3.8, 4) is 0 Å². The molecule has 0 spiro atoms. The minimum atomic E-state index is 0.215. The van der Waals surface area contributed by atoms with E-state index in [0.29, 0.717) is 12.3 Å². The predicted octanol–water partition coefficient (Wildman–Crippen LogP) is 3.89. The van der Waals surface area contributed by atoms with E-state index in [1.165, 1.54) is 11.3 Å². The first-order chi connectivity index (χ1) is 12.0. The van der Waals surface area contributed by atoms with E-state index < -0.39 is 0 Å². The monoisotopic (exact) mass is 335 g/mol. The Bertz CT molecular complexity index is 711. The van der Waals surface area contributed by atoms with Crippen molar-refractivity contribution in [2.75, 3.05) is 24.5 Å². The summed E-state index contributed by atoms with van der Waals surface area (Å²) in [5, 5.41) is 0. The number of carbonyl (C=O) groups is 1. The quantitative estimate of drug-likeness (QED) is 0.846. The van der Waals surface area contributed by atoms with Crippen LogP contribution in [0.25, 0.3) is 0 Å². The van der Waals surface area contributed by atoms with Gasteiger partial charge in [-0.15, -0.1) is 0 Å². The summed E-state index contributed by atoms with van der Waals surface area (Å²) in [7, 11) is 0. The van der Waals surface area contributed by atoms with Gasteiger partial charge in [0.05, 0.1) is 6.42 Å². The molecule has 1 fully saturated rings. The fraction of sp³-hybridized carbons (Fsp3) is 0.409. The van der Waals surface area contributed by atoms with Crippen molar-refractivity contribution in [2.24, 2.45) is 0 Å². The second-order valence-corrected chi connectivity index (χ2v) is 7.22. The topological polar surface area (TPSA) is 23.6 Å². The fourth-order valence-electron chi connectivity index (χ4n) is 3.43. The van der Waals surface area contributed by atoms with Crippen molar-refractivity contribution >= 4 is 11.6 Å². The Balaban J connectivity index is 1.64. The maximum absolute atomic E-state index is 12.7. The fourth-order valence-corrected chi connectivity index (χ4v) is 3.43. The molecule has 0 saturated carbocycles. The Morgan fingerprint density at radius 1 is 1.20 bits per heavy atom. The standard InChI is InChI=1S/C22H27N2O/c1-17(2)20-10-7-11-21(15-20)23-12-13-24(18(3)16-23)22(25)14-19-8-5-4-6-9-19/h4-6,8-11,15,17-18H,12-14,16H2,1-3H3/t18-/m0/s1. The lowest BCUT2D eigenvalue weighted by atomic mass is 10.0. The van der Waals surface area contributed by atoms with E-state index in [4.69, 9.17) is 0 Å². The van der Waals surface area contributed by atoms with E-state index >= 15 is 0 Å². The summed E-state index contributed by atoms with van der Waals surface area (Å²) >= 11 is 0. The third kappa shape index (κ3) is 4.22. The van der Waals surface area contributed by atoms with Gasteiger partial charge in [0.2, 0.25) is 5.91 Å². The second-order valence-electron chi connectivity index (χ2n) is 7.22. The van der Waals surface area contributed by atoms with E-state index in [1.807, 2.05) is 35.2 Å². The Hall–Kier alpha value is -2.29. The van der Waals surface area contributed by atoms with Crippen molar-refractivity contribution in [1.29, 1.82) is 0 Å². The van der Waals surface area contributed by atoms with E-state index in [2.05, 4.69) is 49.9 Å². The Morgan fingerprint density at radius 2 is 1.96 bits per heavy atom. The van der Waals surface area contributed by atoms with Crippen molar-refractivity contribution in [2.45, 2.75) is 39.2 Å². The van der Waals surface area contributed by atoms with Crippen LogP contribution in [0.15, 0.2) is 48.5 Å². The van der Waals surface area contributed by atoms with Crippen molar-refractivity contribution < 1.29 is 4.79 Å². The molecule has 25 heavy (non-hydrogen) atoms. The lowest BCUT2D eigenvalue weighted by molar-refractivity contribution is -0.132. The predicted molar refractivity (Wildman–Crippen MR) is 103 cm³/mol. The maximum atomic E-state index is 12.7. The SMILES string of the molecule is CC(C)c1c[c]cc(N2CCN(C(=O)Cc3ccccc3)[C@@H](C)C2)c1. The number of benzene rings is 2. The van der Waals surface area contributed by atoms with Gasteiger partial charge in [-0.1, -0.05) is 50.2 Å². The zero-order valence-electron chi connectivity index (χ0n) is 15.4. The van der Waals surface area contributed by atoms with E-state index in [1.54, 1.807) is 0 Å². The smallest absolute Gasteiger partial charge is 0.227 e. The van der Waals surface area contributed by atoms with Crippen LogP contribution in [0.2, 0.25) is 0 Å². The summed E-state index contributed by atoms with van der Waals surface area (Å²) in [6.45, 7) is 9.07. The highest BCUT2D eigenvalue weighted by molar-refractivity contribution is 5.79. The molecule has 0 aromatic heterocycles. The summed E-state index contributed by atoms with van der Waals surface area (Å²) in [6.07, 6.45) is 0.488. The summed E-state index contributed by atoms with van der Waals surface area (Å²) in [6, 6.07) is 19.9. The van der Waals surface area contributed by atoms with Crippen molar-refractivity contribution in [3.05, 3.63) is 65.7 Å². The Morgan fingerprint density at radius 3 is 2.64 bits per heavy atom. The molecule has 1 atom stereocenters. The highest BCUT2D eigenvalue weighted by Crippen LogP contribution is 2.24. The Labute approximate surface area is 151 Å². The van der Waals surface area contributed by atoms with Crippen LogP contribution in [-0.2, 0) is 11.2 Å². The highest BCUT2D eigenvalue weighted by Gasteiger charge is 2.27. The number of piperazine rings is 1. The van der Waals surface area contributed by atoms with Crippen LogP contribution in [0.3, 0.4) is 0 Å². The third-order valence-corrected chi connectivity index (χ3v) is 4.97. The molecule has 0 bridgehead atoms. The number of hydrogen-bond acceptors (Lipinski definition) is 2. The number of carbonyl (C=O) groups excluding carboxylic acids is 1. The first-order valence-corrected chi connectivity index (χ1v) is 9.14. The third-order valence-electron chi connectivity index (χ3n) is 4.97. The number of amides is 1. The summed E-state index contributed by atoms with van der Waals surface area (Å²) in [5.41, 5.74) is 3.61. The van der Waals surface area contributed by atoms with Crippen molar-refractivity contribution in [1.82, 2.24) is 4.90 Å². The molecule has 3 nitrogen and oxygen atoms in total. The zero-order chi connectivity index (χ0) is 17.8. The minimum absolute atomic E-state index is 0.215. The van der Waals surface area contributed by atoms with Crippen LogP contribution in [0.1, 0.15) is 37.8 Å². The van der Waals surface area contributed by atoms with Crippen LogP contribution < -0.4 is 4.90 Å². The highest BCUT2D eigenvalue weighted by atomic mass is 16.2. The molecule has 1 aliphatic rings. The molecule has 3 rings (SSSR count). The Kier molecular flexibility index (Phi) is 5.42. The maximum Gasteiger partial charge on any atom is 0.227 e. The molecule has 0 N–H and O–H groups in total. The lowest BCUT2D eigenvalue weighted by Crippen LogP contribution is -2.54. The molecule has 0 unspecified atom stereocenters. The second kappa shape index (κ2) is 7.73.